The van der Waals surface area contributed by atoms with Crippen molar-refractivity contribution in [2.45, 2.75) is 83.7 Å². The number of amides is 2. The SMILES string of the molecule is Cc1cc(O)cc(C)c1C[C@H](CC(=O)[C@H](N)CCc1ccnc(N)n1)C(=O)N[C@@H](CCCCN)C(=O)C[C@@H](Cc1ccccc1)C(N)=O. The molecule has 12 nitrogen and oxygen atoms in total. The number of carbonyl (C=O) groups is 4. The van der Waals surface area contributed by atoms with Gasteiger partial charge >= 0.3 is 0 Å². The second-order valence-corrected chi connectivity index (χ2v) is 12.5. The molecule has 3 rings (SSSR count). The smallest absolute Gasteiger partial charge is 0.224 e. The normalized spacial score (nSPS) is 13.7. The molecular formula is C36H49N7O5. The Hall–Kier alpha value is -4.68. The summed E-state index contributed by atoms with van der Waals surface area (Å²) in [5.74, 6) is -3.09. The first-order valence-electron chi connectivity index (χ1n) is 16.4. The Balaban J connectivity index is 1.82. The number of Topliss-reactive ketones (excluding diaryl/α,β-unsaturated/α-hetero) is 2. The van der Waals surface area contributed by atoms with Gasteiger partial charge in [-0.15, -0.1) is 0 Å². The van der Waals surface area contributed by atoms with Gasteiger partial charge in [0.05, 0.1) is 12.1 Å². The molecule has 10 N–H and O–H groups in total. The zero-order chi connectivity index (χ0) is 35.2. The van der Waals surface area contributed by atoms with E-state index in [1.54, 1.807) is 18.2 Å². The third kappa shape index (κ3) is 11.8. The van der Waals surface area contributed by atoms with Gasteiger partial charge in [-0.25, -0.2) is 9.97 Å². The second kappa shape index (κ2) is 18.6. The van der Waals surface area contributed by atoms with Crippen molar-refractivity contribution in [2.75, 3.05) is 12.3 Å². The summed E-state index contributed by atoms with van der Waals surface area (Å²) in [6.45, 7) is 4.07. The van der Waals surface area contributed by atoms with E-state index in [4.69, 9.17) is 22.9 Å². The summed E-state index contributed by atoms with van der Waals surface area (Å²) in [5, 5.41) is 13.0. The van der Waals surface area contributed by atoms with E-state index >= 15 is 0 Å². The molecule has 2 aromatic carbocycles. The number of primary amides is 1. The van der Waals surface area contributed by atoms with E-state index in [0.29, 0.717) is 44.3 Å². The van der Waals surface area contributed by atoms with Crippen LogP contribution in [0.5, 0.6) is 5.75 Å². The molecule has 0 spiro atoms. The van der Waals surface area contributed by atoms with Gasteiger partial charge in [-0.05, 0) is 106 Å². The number of nitrogen functional groups attached to an aromatic ring is 1. The van der Waals surface area contributed by atoms with Crippen LogP contribution in [0.25, 0.3) is 0 Å². The molecule has 0 saturated heterocycles. The number of nitrogens with two attached hydrogens (primary N) is 4. The van der Waals surface area contributed by atoms with Crippen LogP contribution in [0.3, 0.4) is 0 Å². The van der Waals surface area contributed by atoms with Gasteiger partial charge in [-0.3, -0.25) is 19.2 Å². The summed E-state index contributed by atoms with van der Waals surface area (Å²) in [4.78, 5) is 61.6. The van der Waals surface area contributed by atoms with Crippen molar-refractivity contribution >= 4 is 29.3 Å². The Bertz CT molecular complexity index is 1530. The van der Waals surface area contributed by atoms with Crippen molar-refractivity contribution in [2.24, 2.45) is 29.0 Å². The van der Waals surface area contributed by atoms with Crippen LogP contribution in [-0.2, 0) is 38.4 Å². The fourth-order valence-corrected chi connectivity index (χ4v) is 5.86. The largest absolute Gasteiger partial charge is 0.508 e. The molecule has 0 aliphatic rings. The number of unbranched alkanes of at least 4 members (excludes halogenated alkanes) is 1. The molecule has 3 aromatic rings. The van der Waals surface area contributed by atoms with Gasteiger partial charge in [0, 0.05) is 36.6 Å². The van der Waals surface area contributed by atoms with Crippen LogP contribution < -0.4 is 28.3 Å². The first-order valence-corrected chi connectivity index (χ1v) is 16.4. The molecule has 0 fully saturated rings. The molecule has 4 atom stereocenters. The number of anilines is 1. The number of benzene rings is 2. The lowest BCUT2D eigenvalue weighted by Crippen LogP contribution is -2.46. The number of rotatable bonds is 20. The molecule has 2 amide bonds. The highest BCUT2D eigenvalue weighted by Crippen LogP contribution is 2.26. The Morgan fingerprint density at radius 2 is 1.56 bits per heavy atom. The van der Waals surface area contributed by atoms with Gasteiger partial charge in [-0.1, -0.05) is 30.3 Å². The van der Waals surface area contributed by atoms with E-state index in [1.165, 1.54) is 6.20 Å². The maximum Gasteiger partial charge on any atom is 0.224 e. The van der Waals surface area contributed by atoms with Gasteiger partial charge in [-0.2, -0.15) is 0 Å². The van der Waals surface area contributed by atoms with E-state index in [0.717, 1.165) is 22.3 Å². The lowest BCUT2D eigenvalue weighted by atomic mass is 9.86. The van der Waals surface area contributed by atoms with Gasteiger partial charge in [0.2, 0.25) is 17.8 Å². The molecular weight excluding hydrogens is 610 g/mol. The van der Waals surface area contributed by atoms with E-state index in [9.17, 15) is 24.3 Å². The second-order valence-electron chi connectivity index (χ2n) is 12.5. The van der Waals surface area contributed by atoms with Gasteiger partial charge in [0.15, 0.2) is 5.78 Å². The predicted octanol–water partition coefficient (Wildman–Crippen LogP) is 2.38. The molecule has 12 heteroatoms. The third-order valence-electron chi connectivity index (χ3n) is 8.63. The standard InChI is InChI=1S/C36H49N7O5/c1-22-16-28(44)17-23(2)29(22)19-26(21-32(45)30(38)12-11-27-13-15-41-36(40)42-27)35(48)43-31(10-6-7-14-37)33(46)20-25(34(39)47)18-24-8-4-3-5-9-24/h3-5,8-9,13,15-17,25-26,30-31,44H,6-7,10-12,14,18-21,37-38H2,1-2H3,(H2,39,47)(H,43,48)(H2,40,41,42)/t25-,26-,30-,31+/m1/s1. The number of phenols is 1. The molecule has 0 unspecified atom stereocenters. The van der Waals surface area contributed by atoms with Crippen molar-refractivity contribution < 1.29 is 24.3 Å². The maximum atomic E-state index is 14.0. The van der Waals surface area contributed by atoms with Crippen LogP contribution >= 0.6 is 0 Å². The average molecular weight is 660 g/mol. The topological polar surface area (TPSA) is 230 Å². The molecule has 0 bridgehead atoms. The summed E-state index contributed by atoms with van der Waals surface area (Å²) in [6.07, 6.45) is 3.93. The van der Waals surface area contributed by atoms with E-state index < -0.39 is 35.7 Å². The lowest BCUT2D eigenvalue weighted by molar-refractivity contribution is -0.133. The monoisotopic (exact) mass is 659 g/mol. The number of aryl methyl sites for hydroxylation is 3. The fourth-order valence-electron chi connectivity index (χ4n) is 5.86. The van der Waals surface area contributed by atoms with Crippen molar-refractivity contribution in [3.8, 4) is 5.75 Å². The molecule has 1 heterocycles. The summed E-state index contributed by atoms with van der Waals surface area (Å²) < 4.78 is 0. The van der Waals surface area contributed by atoms with Crippen LogP contribution in [0.4, 0.5) is 5.95 Å². The molecule has 0 aliphatic carbocycles. The molecule has 0 saturated carbocycles. The number of phenolic OH excluding ortho intramolecular Hbond substituents is 1. The van der Waals surface area contributed by atoms with Gasteiger partial charge < -0.3 is 33.4 Å². The van der Waals surface area contributed by atoms with Crippen molar-refractivity contribution in [1.82, 2.24) is 15.3 Å². The fraction of sp³-hybridized carbons (Fsp3) is 0.444. The Labute approximate surface area is 282 Å². The summed E-state index contributed by atoms with van der Waals surface area (Å²) in [5.41, 5.74) is 27.3. The first kappa shape index (κ1) is 37.8. The Morgan fingerprint density at radius 1 is 0.896 bits per heavy atom. The zero-order valence-electron chi connectivity index (χ0n) is 27.9. The first-order chi connectivity index (χ1) is 22.9. The van der Waals surface area contributed by atoms with Crippen molar-refractivity contribution in [3.63, 3.8) is 0 Å². The number of ketones is 2. The number of aromatic hydroxyl groups is 1. The highest BCUT2D eigenvalue weighted by Gasteiger charge is 2.31. The third-order valence-corrected chi connectivity index (χ3v) is 8.63. The quantitative estimate of drug-likeness (QED) is 0.0970. The molecule has 1 aromatic heterocycles. The minimum atomic E-state index is -0.904. The average Bonchev–Trinajstić information content (AvgIpc) is 3.04. The van der Waals surface area contributed by atoms with E-state index in [-0.39, 0.29) is 48.9 Å². The molecule has 0 radical (unpaired) electrons. The van der Waals surface area contributed by atoms with Crippen LogP contribution in [-0.4, -0.2) is 57.1 Å². The van der Waals surface area contributed by atoms with Crippen molar-refractivity contribution in [1.29, 1.82) is 0 Å². The predicted molar refractivity (Wildman–Crippen MR) is 184 cm³/mol. The van der Waals surface area contributed by atoms with Crippen LogP contribution in [0.2, 0.25) is 0 Å². The number of hydrogen-bond acceptors (Lipinski definition) is 10. The van der Waals surface area contributed by atoms with Crippen molar-refractivity contribution in [3.05, 3.63) is 82.7 Å². The van der Waals surface area contributed by atoms with E-state index in [2.05, 4.69) is 15.3 Å². The number of nitrogens with one attached hydrogen (secondary N) is 1. The summed E-state index contributed by atoms with van der Waals surface area (Å²) in [6, 6.07) is 12.4. The molecule has 0 aliphatic heterocycles. The summed E-state index contributed by atoms with van der Waals surface area (Å²) >= 11 is 0. The Morgan fingerprint density at radius 3 is 2.19 bits per heavy atom. The molecule has 48 heavy (non-hydrogen) atoms. The molecule has 258 valence electrons. The number of carbonyl (C=O) groups excluding carboxylic acids is 4. The van der Waals surface area contributed by atoms with Gasteiger partial charge in [0.25, 0.3) is 0 Å². The zero-order valence-corrected chi connectivity index (χ0v) is 27.9. The van der Waals surface area contributed by atoms with Crippen LogP contribution in [0.1, 0.15) is 66.5 Å². The highest BCUT2D eigenvalue weighted by molar-refractivity contribution is 5.94. The highest BCUT2D eigenvalue weighted by atomic mass is 16.3. The maximum absolute atomic E-state index is 14.0. The van der Waals surface area contributed by atoms with E-state index in [1.807, 2.05) is 44.2 Å². The minimum Gasteiger partial charge on any atom is -0.508 e. The minimum absolute atomic E-state index is 0.100. The number of aromatic nitrogens is 2. The van der Waals surface area contributed by atoms with Crippen LogP contribution in [0.15, 0.2) is 54.7 Å². The Kier molecular flexibility index (Phi) is 14.6. The number of hydrogen-bond donors (Lipinski definition) is 6. The number of nitrogens with zero attached hydrogens (tertiary/aromatic N) is 2. The van der Waals surface area contributed by atoms with Crippen LogP contribution in [0, 0.1) is 25.7 Å². The lowest BCUT2D eigenvalue weighted by Gasteiger charge is -2.25. The summed E-state index contributed by atoms with van der Waals surface area (Å²) in [7, 11) is 0. The van der Waals surface area contributed by atoms with Gasteiger partial charge in [0.1, 0.15) is 11.5 Å².